The molecular weight excluding hydrogens is 542 g/mol. The second kappa shape index (κ2) is 9.74. The molecule has 0 radical (unpaired) electrons. The van der Waals surface area contributed by atoms with Gasteiger partial charge >= 0.3 is 0 Å². The first-order valence-electron chi connectivity index (χ1n) is 14.0. The second-order valence-corrected chi connectivity index (χ2v) is 10.7. The van der Waals surface area contributed by atoms with Crippen molar-refractivity contribution in [2.24, 2.45) is 0 Å². The molecule has 0 spiro atoms. The van der Waals surface area contributed by atoms with Gasteiger partial charge in [0.05, 0.1) is 34.9 Å². The van der Waals surface area contributed by atoms with E-state index < -0.39 is 0 Å². The van der Waals surface area contributed by atoms with E-state index >= 15 is 0 Å². The molecule has 2 aromatic heterocycles. The Hall–Kier alpha value is -6.61. The minimum atomic E-state index is 0.573. The van der Waals surface area contributed by atoms with Crippen LogP contribution in [0.25, 0.3) is 77.3 Å². The Kier molecular flexibility index (Phi) is 5.56. The van der Waals surface area contributed by atoms with E-state index in [2.05, 4.69) is 42.5 Å². The van der Waals surface area contributed by atoms with Crippen LogP contribution >= 0.6 is 0 Å². The zero-order chi connectivity index (χ0) is 29.8. The Bertz CT molecular complexity index is 2450. The summed E-state index contributed by atoms with van der Waals surface area (Å²) in [7, 11) is 0. The van der Waals surface area contributed by atoms with E-state index in [0.29, 0.717) is 16.7 Å². The van der Waals surface area contributed by atoms with E-state index in [-0.39, 0.29) is 0 Å². The van der Waals surface area contributed by atoms with Crippen molar-refractivity contribution in [2.75, 3.05) is 0 Å². The molecule has 0 saturated heterocycles. The van der Waals surface area contributed by atoms with Crippen LogP contribution < -0.4 is 0 Å². The molecule has 6 aromatic carbocycles. The molecule has 0 aliphatic heterocycles. The van der Waals surface area contributed by atoms with Gasteiger partial charge in [-0.05, 0) is 106 Å². The first-order chi connectivity index (χ1) is 21.6. The average Bonchev–Trinajstić information content (AvgIpc) is 3.64. The van der Waals surface area contributed by atoms with E-state index in [9.17, 15) is 15.8 Å². The van der Waals surface area contributed by atoms with Gasteiger partial charge in [-0.2, -0.15) is 15.8 Å². The van der Waals surface area contributed by atoms with Gasteiger partial charge in [0, 0.05) is 21.5 Å². The summed E-state index contributed by atoms with van der Waals surface area (Å²) >= 11 is 0. The standard InChI is InChI=1S/C39H19N3O2/c40-20-23-3-1-4-28(15-23)39-29(26-9-13-37-33(18-26)31-16-24(21-41)7-11-35(31)43-37)5-2-6-30(39)27-10-14-38-34(19-27)32-17-25(22-42)8-12-36(32)44-38/h1-19H. The van der Waals surface area contributed by atoms with E-state index in [1.807, 2.05) is 72.8 Å². The molecule has 0 N–H and O–H groups in total. The topological polar surface area (TPSA) is 97.7 Å². The van der Waals surface area contributed by atoms with Crippen LogP contribution in [0.5, 0.6) is 0 Å². The van der Waals surface area contributed by atoms with Crippen molar-refractivity contribution in [1.29, 1.82) is 15.8 Å². The number of furan rings is 2. The van der Waals surface area contributed by atoms with Crippen molar-refractivity contribution >= 4 is 43.9 Å². The first-order valence-corrected chi connectivity index (χ1v) is 14.0. The monoisotopic (exact) mass is 561 g/mol. The largest absolute Gasteiger partial charge is 0.456 e. The quantitative estimate of drug-likeness (QED) is 0.214. The summed E-state index contributed by atoms with van der Waals surface area (Å²) in [6.45, 7) is 0. The van der Waals surface area contributed by atoms with E-state index in [0.717, 1.165) is 77.3 Å². The highest BCUT2D eigenvalue weighted by atomic mass is 16.3. The zero-order valence-electron chi connectivity index (χ0n) is 23.1. The highest BCUT2D eigenvalue weighted by Crippen LogP contribution is 2.43. The highest BCUT2D eigenvalue weighted by Gasteiger charge is 2.18. The van der Waals surface area contributed by atoms with Crippen LogP contribution in [-0.4, -0.2) is 0 Å². The molecule has 0 bridgehead atoms. The predicted octanol–water partition coefficient (Wildman–Crippen LogP) is 10.1. The third kappa shape index (κ3) is 3.92. The van der Waals surface area contributed by atoms with Crippen molar-refractivity contribution in [3.8, 4) is 51.6 Å². The van der Waals surface area contributed by atoms with E-state index in [4.69, 9.17) is 8.83 Å². The van der Waals surface area contributed by atoms with E-state index in [1.165, 1.54) is 0 Å². The number of hydrogen-bond acceptors (Lipinski definition) is 5. The number of rotatable bonds is 3. The summed E-state index contributed by atoms with van der Waals surface area (Å²) in [6, 6.07) is 43.8. The third-order valence-electron chi connectivity index (χ3n) is 8.16. The van der Waals surface area contributed by atoms with Crippen molar-refractivity contribution in [3.63, 3.8) is 0 Å². The number of benzene rings is 6. The Morgan fingerprint density at radius 2 is 0.818 bits per heavy atom. The molecule has 2 heterocycles. The van der Waals surface area contributed by atoms with Crippen molar-refractivity contribution in [1.82, 2.24) is 0 Å². The van der Waals surface area contributed by atoms with Gasteiger partial charge < -0.3 is 8.83 Å². The van der Waals surface area contributed by atoms with E-state index in [1.54, 1.807) is 18.2 Å². The molecule has 0 unspecified atom stereocenters. The fraction of sp³-hybridized carbons (Fsp3) is 0. The lowest BCUT2D eigenvalue weighted by Crippen LogP contribution is -1.91. The molecule has 0 aliphatic carbocycles. The fourth-order valence-corrected chi connectivity index (χ4v) is 6.12. The van der Waals surface area contributed by atoms with Gasteiger partial charge in [-0.1, -0.05) is 42.5 Å². The summed E-state index contributed by atoms with van der Waals surface area (Å²) in [5, 5.41) is 32.4. The molecule has 0 amide bonds. The minimum absolute atomic E-state index is 0.573. The maximum Gasteiger partial charge on any atom is 0.135 e. The van der Waals surface area contributed by atoms with Crippen LogP contribution in [0.4, 0.5) is 0 Å². The van der Waals surface area contributed by atoms with Crippen LogP contribution in [-0.2, 0) is 0 Å². The van der Waals surface area contributed by atoms with Gasteiger partial charge in [0.1, 0.15) is 22.3 Å². The molecule has 44 heavy (non-hydrogen) atoms. The van der Waals surface area contributed by atoms with Crippen molar-refractivity contribution in [3.05, 3.63) is 132 Å². The second-order valence-electron chi connectivity index (χ2n) is 10.7. The molecule has 5 nitrogen and oxygen atoms in total. The smallest absolute Gasteiger partial charge is 0.135 e. The molecule has 202 valence electrons. The molecule has 5 heteroatoms. The Morgan fingerprint density at radius 3 is 1.32 bits per heavy atom. The molecule has 0 atom stereocenters. The summed E-state index contributed by atoms with van der Waals surface area (Å²) < 4.78 is 12.2. The van der Waals surface area contributed by atoms with Gasteiger partial charge in [-0.25, -0.2) is 0 Å². The maximum atomic E-state index is 9.74. The molecular formula is C39H19N3O2. The SMILES string of the molecule is N#Cc1cccc(-c2c(-c3ccc4oc5ccc(C#N)cc5c4c3)cccc2-c2ccc3oc4ccc(C#N)cc4c3c2)c1. The number of nitriles is 3. The number of hydrogen-bond donors (Lipinski definition) is 0. The maximum absolute atomic E-state index is 9.74. The van der Waals surface area contributed by atoms with Gasteiger partial charge in [0.2, 0.25) is 0 Å². The summed E-state index contributed by atoms with van der Waals surface area (Å²) in [5.41, 5.74) is 10.5. The predicted molar refractivity (Wildman–Crippen MR) is 171 cm³/mol. The lowest BCUT2D eigenvalue weighted by molar-refractivity contribution is 0.668. The van der Waals surface area contributed by atoms with Crippen LogP contribution in [0, 0.1) is 34.0 Å². The van der Waals surface area contributed by atoms with Crippen molar-refractivity contribution in [2.45, 2.75) is 0 Å². The van der Waals surface area contributed by atoms with Gasteiger partial charge in [0.25, 0.3) is 0 Å². The van der Waals surface area contributed by atoms with Crippen LogP contribution in [0.1, 0.15) is 16.7 Å². The molecule has 0 aliphatic rings. The number of fused-ring (bicyclic) bond motifs is 6. The Labute approximate surface area is 251 Å². The fourth-order valence-electron chi connectivity index (χ4n) is 6.12. The lowest BCUT2D eigenvalue weighted by atomic mass is 9.86. The normalized spacial score (nSPS) is 11.1. The lowest BCUT2D eigenvalue weighted by Gasteiger charge is -2.17. The molecule has 8 aromatic rings. The Balaban J connectivity index is 1.40. The summed E-state index contributed by atoms with van der Waals surface area (Å²) in [4.78, 5) is 0. The highest BCUT2D eigenvalue weighted by molar-refractivity contribution is 6.09. The molecule has 0 saturated carbocycles. The molecule has 8 rings (SSSR count). The van der Waals surface area contributed by atoms with Gasteiger partial charge in [-0.15, -0.1) is 0 Å². The summed E-state index contributed by atoms with van der Waals surface area (Å²) in [5.74, 6) is 0. The van der Waals surface area contributed by atoms with Crippen LogP contribution in [0.2, 0.25) is 0 Å². The van der Waals surface area contributed by atoms with Gasteiger partial charge in [-0.3, -0.25) is 0 Å². The Morgan fingerprint density at radius 1 is 0.386 bits per heavy atom. The summed E-state index contributed by atoms with van der Waals surface area (Å²) in [6.07, 6.45) is 0. The van der Waals surface area contributed by atoms with Crippen LogP contribution in [0.15, 0.2) is 124 Å². The van der Waals surface area contributed by atoms with Crippen molar-refractivity contribution < 1.29 is 8.83 Å². The number of nitrogens with zero attached hydrogens (tertiary/aromatic N) is 3. The third-order valence-corrected chi connectivity index (χ3v) is 8.16. The minimum Gasteiger partial charge on any atom is -0.456 e. The average molecular weight is 562 g/mol. The van der Waals surface area contributed by atoms with Gasteiger partial charge in [0.15, 0.2) is 0 Å². The molecule has 0 fully saturated rings. The zero-order valence-corrected chi connectivity index (χ0v) is 23.1. The van der Waals surface area contributed by atoms with Crippen LogP contribution in [0.3, 0.4) is 0 Å². The first kappa shape index (κ1) is 25.1.